The van der Waals surface area contributed by atoms with Crippen LogP contribution in [0.25, 0.3) is 0 Å². The molecule has 0 atom stereocenters. The quantitative estimate of drug-likeness (QED) is 0.565. The van der Waals surface area contributed by atoms with Crippen molar-refractivity contribution in [1.29, 1.82) is 0 Å². The van der Waals surface area contributed by atoms with Gasteiger partial charge in [-0.2, -0.15) is 8.42 Å². The maximum atomic E-state index is 11.6. The Balaban J connectivity index is 2.60. The first kappa shape index (κ1) is 13.2. The molecule has 0 spiro atoms. The van der Waals surface area contributed by atoms with Gasteiger partial charge < -0.3 is 4.74 Å². The van der Waals surface area contributed by atoms with Crippen LogP contribution < -0.4 is 0 Å². The van der Waals surface area contributed by atoms with Gasteiger partial charge in [0.2, 0.25) is 0 Å². The smallest absolute Gasteiger partial charge is 0.297 e. The first-order valence-corrected chi connectivity index (χ1v) is 6.51. The molecule has 5 heteroatoms. The number of rotatable bonds is 6. The van der Waals surface area contributed by atoms with E-state index in [0.717, 1.165) is 5.56 Å². The van der Waals surface area contributed by atoms with Crippen LogP contribution in [0.5, 0.6) is 0 Å². The number of ether oxygens (including phenoxy) is 1. The van der Waals surface area contributed by atoms with E-state index in [0.29, 0.717) is 6.61 Å². The second-order valence-electron chi connectivity index (χ2n) is 3.29. The van der Waals surface area contributed by atoms with Crippen molar-refractivity contribution in [3.63, 3.8) is 0 Å². The van der Waals surface area contributed by atoms with E-state index in [1.807, 2.05) is 13.8 Å². The number of aryl methyl sites for hydroxylation is 1. The van der Waals surface area contributed by atoms with Crippen LogP contribution in [0, 0.1) is 6.92 Å². The summed E-state index contributed by atoms with van der Waals surface area (Å²) in [5.74, 6) is 0. The Hall–Kier alpha value is -0.910. The third-order valence-corrected chi connectivity index (χ3v) is 3.31. The molecule has 0 radical (unpaired) electrons. The van der Waals surface area contributed by atoms with Gasteiger partial charge in [0.05, 0.1) is 18.1 Å². The summed E-state index contributed by atoms with van der Waals surface area (Å²) in [6, 6.07) is 6.54. The molecule has 0 aliphatic carbocycles. The van der Waals surface area contributed by atoms with Crippen molar-refractivity contribution >= 4 is 10.1 Å². The molecule has 0 bridgehead atoms. The SMILES string of the molecule is CCOCCOS(=O)(=O)c1ccc(C)cc1. The third kappa shape index (κ3) is 3.92. The molecule has 0 saturated carbocycles. The van der Waals surface area contributed by atoms with Gasteiger partial charge in [0.1, 0.15) is 0 Å². The molecule has 0 aliphatic rings. The molecule has 0 N–H and O–H groups in total. The molecular weight excluding hydrogens is 228 g/mol. The van der Waals surface area contributed by atoms with E-state index < -0.39 is 10.1 Å². The van der Waals surface area contributed by atoms with Gasteiger partial charge >= 0.3 is 0 Å². The fourth-order valence-corrected chi connectivity index (χ4v) is 2.01. The Morgan fingerprint density at radius 2 is 1.75 bits per heavy atom. The van der Waals surface area contributed by atoms with E-state index in [1.54, 1.807) is 12.1 Å². The minimum absolute atomic E-state index is 0.0457. The zero-order valence-corrected chi connectivity index (χ0v) is 10.3. The highest BCUT2D eigenvalue weighted by Crippen LogP contribution is 2.12. The second kappa shape index (κ2) is 5.98. The number of hydrogen-bond donors (Lipinski definition) is 0. The van der Waals surface area contributed by atoms with Gasteiger partial charge in [-0.05, 0) is 26.0 Å². The van der Waals surface area contributed by atoms with Crippen molar-refractivity contribution in [3.8, 4) is 0 Å². The molecule has 0 heterocycles. The molecule has 16 heavy (non-hydrogen) atoms. The number of benzene rings is 1. The lowest BCUT2D eigenvalue weighted by molar-refractivity contribution is 0.112. The van der Waals surface area contributed by atoms with Crippen LogP contribution in [-0.2, 0) is 19.0 Å². The van der Waals surface area contributed by atoms with Crippen molar-refractivity contribution in [2.75, 3.05) is 19.8 Å². The van der Waals surface area contributed by atoms with Crippen LogP contribution in [0.4, 0.5) is 0 Å². The van der Waals surface area contributed by atoms with E-state index in [-0.39, 0.29) is 18.1 Å². The van der Waals surface area contributed by atoms with Crippen LogP contribution in [-0.4, -0.2) is 28.2 Å². The lowest BCUT2D eigenvalue weighted by Gasteiger charge is -2.05. The lowest BCUT2D eigenvalue weighted by atomic mass is 10.2. The highest BCUT2D eigenvalue weighted by Gasteiger charge is 2.14. The summed E-state index contributed by atoms with van der Waals surface area (Å²) < 4.78 is 33.1. The molecule has 0 fully saturated rings. The van der Waals surface area contributed by atoms with Crippen LogP contribution in [0.15, 0.2) is 29.2 Å². The zero-order valence-electron chi connectivity index (χ0n) is 9.47. The fourth-order valence-electron chi connectivity index (χ4n) is 1.12. The molecule has 1 aromatic rings. The van der Waals surface area contributed by atoms with E-state index in [1.165, 1.54) is 12.1 Å². The van der Waals surface area contributed by atoms with Gasteiger partial charge in [0.15, 0.2) is 0 Å². The van der Waals surface area contributed by atoms with Crippen LogP contribution in [0.1, 0.15) is 12.5 Å². The van der Waals surface area contributed by atoms with Gasteiger partial charge in [0.25, 0.3) is 10.1 Å². The van der Waals surface area contributed by atoms with Crippen LogP contribution in [0.2, 0.25) is 0 Å². The second-order valence-corrected chi connectivity index (χ2v) is 4.90. The van der Waals surface area contributed by atoms with E-state index in [4.69, 9.17) is 8.92 Å². The monoisotopic (exact) mass is 244 g/mol. The molecular formula is C11H16O4S. The lowest BCUT2D eigenvalue weighted by Crippen LogP contribution is -2.11. The van der Waals surface area contributed by atoms with Crippen molar-refractivity contribution < 1.29 is 17.3 Å². The highest BCUT2D eigenvalue weighted by atomic mass is 32.2. The average Bonchev–Trinajstić information content (AvgIpc) is 2.25. The summed E-state index contributed by atoms with van der Waals surface area (Å²) in [4.78, 5) is 0.176. The van der Waals surface area contributed by atoms with Gasteiger partial charge in [-0.15, -0.1) is 0 Å². The Bertz CT molecular complexity index is 408. The molecule has 1 rings (SSSR count). The number of hydrogen-bond acceptors (Lipinski definition) is 4. The van der Waals surface area contributed by atoms with Gasteiger partial charge in [-0.1, -0.05) is 17.7 Å². The molecule has 4 nitrogen and oxygen atoms in total. The predicted molar refractivity (Wildman–Crippen MR) is 60.8 cm³/mol. The van der Waals surface area contributed by atoms with Crippen molar-refractivity contribution in [1.82, 2.24) is 0 Å². The first-order valence-electron chi connectivity index (χ1n) is 5.10. The first-order chi connectivity index (χ1) is 7.56. The summed E-state index contributed by atoms with van der Waals surface area (Å²) in [5.41, 5.74) is 1.01. The highest BCUT2D eigenvalue weighted by molar-refractivity contribution is 7.86. The zero-order chi connectivity index (χ0) is 12.0. The minimum atomic E-state index is -3.64. The van der Waals surface area contributed by atoms with Crippen molar-refractivity contribution in [3.05, 3.63) is 29.8 Å². The summed E-state index contributed by atoms with van der Waals surface area (Å²) in [6.07, 6.45) is 0. The Labute approximate surface area is 96.3 Å². The van der Waals surface area contributed by atoms with Crippen LogP contribution >= 0.6 is 0 Å². The van der Waals surface area contributed by atoms with Gasteiger partial charge in [-0.3, -0.25) is 4.18 Å². The molecule has 0 aliphatic heterocycles. The molecule has 1 aromatic carbocycles. The molecule has 0 amide bonds. The topological polar surface area (TPSA) is 52.6 Å². The predicted octanol–water partition coefficient (Wildman–Crippen LogP) is 1.74. The Morgan fingerprint density at radius 1 is 1.12 bits per heavy atom. The molecule has 0 saturated heterocycles. The summed E-state index contributed by atoms with van der Waals surface area (Å²) in [7, 11) is -3.64. The maximum absolute atomic E-state index is 11.6. The molecule has 90 valence electrons. The fraction of sp³-hybridized carbons (Fsp3) is 0.455. The molecule has 0 unspecified atom stereocenters. The standard InChI is InChI=1S/C11H16O4S/c1-3-14-8-9-15-16(12,13)11-6-4-10(2)5-7-11/h4-7H,3,8-9H2,1-2H3. The van der Waals surface area contributed by atoms with E-state index >= 15 is 0 Å². The summed E-state index contributed by atoms with van der Waals surface area (Å²) in [5, 5.41) is 0. The minimum Gasteiger partial charge on any atom is -0.379 e. The van der Waals surface area contributed by atoms with E-state index in [9.17, 15) is 8.42 Å². The average molecular weight is 244 g/mol. The van der Waals surface area contributed by atoms with Gasteiger partial charge in [0, 0.05) is 6.61 Å². The maximum Gasteiger partial charge on any atom is 0.297 e. The largest absolute Gasteiger partial charge is 0.379 e. The van der Waals surface area contributed by atoms with Gasteiger partial charge in [-0.25, -0.2) is 0 Å². The third-order valence-electron chi connectivity index (χ3n) is 1.98. The van der Waals surface area contributed by atoms with Crippen molar-refractivity contribution in [2.24, 2.45) is 0 Å². The molecule has 0 aromatic heterocycles. The summed E-state index contributed by atoms with van der Waals surface area (Å²) in [6.45, 7) is 4.61. The van der Waals surface area contributed by atoms with Crippen LogP contribution in [0.3, 0.4) is 0 Å². The van der Waals surface area contributed by atoms with E-state index in [2.05, 4.69) is 0 Å². The Morgan fingerprint density at radius 3 is 2.31 bits per heavy atom. The Kier molecular flexibility index (Phi) is 4.92. The summed E-state index contributed by atoms with van der Waals surface area (Å²) >= 11 is 0. The normalized spacial score (nSPS) is 11.6. The van der Waals surface area contributed by atoms with Crippen molar-refractivity contribution in [2.45, 2.75) is 18.7 Å².